The van der Waals surface area contributed by atoms with Crippen LogP contribution in [0.2, 0.25) is 0 Å². The summed E-state index contributed by atoms with van der Waals surface area (Å²) in [6.07, 6.45) is 0.884. The van der Waals surface area contributed by atoms with Gasteiger partial charge in [0.1, 0.15) is 6.54 Å². The summed E-state index contributed by atoms with van der Waals surface area (Å²) < 4.78 is 0.684. The van der Waals surface area contributed by atoms with E-state index in [1.54, 1.807) is 0 Å². The smallest absolute Gasteiger partial charge is 0.303 e. The minimum absolute atomic E-state index is 0.153. The van der Waals surface area contributed by atoms with Gasteiger partial charge in [-0.1, -0.05) is 0 Å². The molecule has 0 spiro atoms. The van der Waals surface area contributed by atoms with Crippen molar-refractivity contribution >= 4 is 5.97 Å². The average Bonchev–Trinajstić information content (AvgIpc) is 1.85. The molecular formula is C8H18NO3+. The van der Waals surface area contributed by atoms with E-state index in [0.717, 1.165) is 6.54 Å². The van der Waals surface area contributed by atoms with Crippen molar-refractivity contribution in [1.82, 2.24) is 0 Å². The number of rotatable bonds is 6. The van der Waals surface area contributed by atoms with E-state index in [9.17, 15) is 4.79 Å². The lowest BCUT2D eigenvalue weighted by molar-refractivity contribution is -0.890. The van der Waals surface area contributed by atoms with Gasteiger partial charge in [-0.05, 0) is 0 Å². The van der Waals surface area contributed by atoms with E-state index in [4.69, 9.17) is 10.2 Å². The third kappa shape index (κ3) is 6.12. The predicted molar refractivity (Wildman–Crippen MR) is 45.8 cm³/mol. The van der Waals surface area contributed by atoms with E-state index in [2.05, 4.69) is 0 Å². The highest BCUT2D eigenvalue weighted by Crippen LogP contribution is 2.00. The monoisotopic (exact) mass is 176 g/mol. The van der Waals surface area contributed by atoms with Crippen molar-refractivity contribution in [2.24, 2.45) is 0 Å². The number of hydrogen-bond acceptors (Lipinski definition) is 2. The average molecular weight is 176 g/mol. The minimum Gasteiger partial charge on any atom is -0.481 e. The second-order valence-corrected chi connectivity index (χ2v) is 3.60. The Kier molecular flexibility index (Phi) is 4.85. The lowest BCUT2D eigenvalue weighted by atomic mass is 10.3. The topological polar surface area (TPSA) is 57.5 Å². The first-order valence-corrected chi connectivity index (χ1v) is 4.12. The number of nitrogens with zero attached hydrogens (tertiary/aromatic N) is 1. The van der Waals surface area contributed by atoms with Crippen LogP contribution >= 0.6 is 0 Å². The van der Waals surface area contributed by atoms with Crippen molar-refractivity contribution in [1.29, 1.82) is 0 Å². The fourth-order valence-electron chi connectivity index (χ4n) is 1.04. The van der Waals surface area contributed by atoms with Crippen molar-refractivity contribution in [2.75, 3.05) is 33.8 Å². The van der Waals surface area contributed by atoms with Gasteiger partial charge in [-0.3, -0.25) is 4.79 Å². The molecule has 2 N–H and O–H groups in total. The van der Waals surface area contributed by atoms with Gasteiger partial charge in [-0.25, -0.2) is 0 Å². The highest BCUT2D eigenvalue weighted by molar-refractivity contribution is 5.66. The molecule has 12 heavy (non-hydrogen) atoms. The third-order valence-electron chi connectivity index (χ3n) is 1.86. The van der Waals surface area contributed by atoms with Crippen LogP contribution in [0.5, 0.6) is 0 Å². The standard InChI is InChI=1S/C8H17NO3/c1-9(2,6-7-10)5-3-4-8(11)12/h10H,3-7H2,1-2H3/p+1. The minimum atomic E-state index is -0.751. The molecule has 4 heteroatoms. The van der Waals surface area contributed by atoms with E-state index >= 15 is 0 Å². The Labute approximate surface area is 73.0 Å². The SMILES string of the molecule is C[N+](C)(CCO)CCCC(=O)O. The number of likely N-dealkylation sites (N-methyl/N-ethyl adjacent to an activating group) is 1. The molecule has 0 unspecified atom stereocenters. The second kappa shape index (κ2) is 5.11. The van der Waals surface area contributed by atoms with Crippen LogP contribution in [0.1, 0.15) is 12.8 Å². The fourth-order valence-corrected chi connectivity index (χ4v) is 1.04. The summed E-state index contributed by atoms with van der Waals surface area (Å²) in [5.74, 6) is -0.751. The lowest BCUT2D eigenvalue weighted by Crippen LogP contribution is -2.42. The van der Waals surface area contributed by atoms with Crippen LogP contribution in [0.25, 0.3) is 0 Å². The molecule has 0 fully saturated rings. The molecule has 0 radical (unpaired) electrons. The molecule has 0 aliphatic carbocycles. The number of carbonyl (C=O) groups is 1. The van der Waals surface area contributed by atoms with Crippen molar-refractivity contribution in [3.8, 4) is 0 Å². The van der Waals surface area contributed by atoms with E-state index < -0.39 is 5.97 Å². The van der Waals surface area contributed by atoms with E-state index in [0.29, 0.717) is 17.4 Å². The summed E-state index contributed by atoms with van der Waals surface area (Å²) in [7, 11) is 3.97. The summed E-state index contributed by atoms with van der Waals surface area (Å²) in [5, 5.41) is 17.1. The lowest BCUT2D eigenvalue weighted by Gasteiger charge is -2.28. The number of aliphatic hydroxyl groups is 1. The summed E-state index contributed by atoms with van der Waals surface area (Å²) >= 11 is 0. The van der Waals surface area contributed by atoms with E-state index in [1.165, 1.54) is 0 Å². The van der Waals surface area contributed by atoms with Crippen LogP contribution in [0, 0.1) is 0 Å². The zero-order chi connectivity index (χ0) is 9.61. The van der Waals surface area contributed by atoms with Crippen molar-refractivity contribution < 1.29 is 19.5 Å². The molecule has 0 rings (SSSR count). The van der Waals surface area contributed by atoms with Gasteiger partial charge in [0.15, 0.2) is 0 Å². The van der Waals surface area contributed by atoms with Gasteiger partial charge < -0.3 is 14.7 Å². The Morgan fingerprint density at radius 2 is 1.92 bits per heavy atom. The van der Waals surface area contributed by atoms with Crippen molar-refractivity contribution in [3.05, 3.63) is 0 Å². The third-order valence-corrected chi connectivity index (χ3v) is 1.86. The maximum absolute atomic E-state index is 10.2. The van der Waals surface area contributed by atoms with Crippen LogP contribution in [0.15, 0.2) is 0 Å². The maximum atomic E-state index is 10.2. The maximum Gasteiger partial charge on any atom is 0.303 e. The highest BCUT2D eigenvalue weighted by atomic mass is 16.4. The molecule has 0 aromatic rings. The molecule has 0 heterocycles. The van der Waals surface area contributed by atoms with Gasteiger partial charge in [0, 0.05) is 6.42 Å². The van der Waals surface area contributed by atoms with Gasteiger partial charge in [0.05, 0.1) is 33.7 Å². The molecule has 0 saturated carbocycles. The summed E-state index contributed by atoms with van der Waals surface area (Å²) in [6, 6.07) is 0. The number of aliphatic hydroxyl groups excluding tert-OH is 1. The normalized spacial score (nSPS) is 11.6. The molecule has 0 aromatic heterocycles. The van der Waals surface area contributed by atoms with Crippen molar-refractivity contribution in [2.45, 2.75) is 12.8 Å². The largest absolute Gasteiger partial charge is 0.481 e. The van der Waals surface area contributed by atoms with E-state index in [-0.39, 0.29) is 13.0 Å². The molecule has 0 saturated heterocycles. The first kappa shape index (κ1) is 11.4. The van der Waals surface area contributed by atoms with Crippen LogP contribution in [-0.2, 0) is 4.79 Å². The number of hydrogen-bond donors (Lipinski definition) is 2. The predicted octanol–water partition coefficient (Wildman–Crippen LogP) is -0.0801. The van der Waals surface area contributed by atoms with Gasteiger partial charge in [0.2, 0.25) is 0 Å². The zero-order valence-corrected chi connectivity index (χ0v) is 7.79. The second-order valence-electron chi connectivity index (χ2n) is 3.60. The molecule has 0 bridgehead atoms. The van der Waals surface area contributed by atoms with Crippen LogP contribution in [0.4, 0.5) is 0 Å². The van der Waals surface area contributed by atoms with Gasteiger partial charge >= 0.3 is 5.97 Å². The molecular weight excluding hydrogens is 158 g/mol. The molecule has 0 aliphatic rings. The van der Waals surface area contributed by atoms with Crippen LogP contribution < -0.4 is 0 Å². The van der Waals surface area contributed by atoms with E-state index in [1.807, 2.05) is 14.1 Å². The number of carboxylic acid groups (broad SMARTS) is 1. The molecule has 4 nitrogen and oxygen atoms in total. The summed E-state index contributed by atoms with van der Waals surface area (Å²) in [4.78, 5) is 10.2. The summed E-state index contributed by atoms with van der Waals surface area (Å²) in [5.41, 5.74) is 0. The van der Waals surface area contributed by atoms with Gasteiger partial charge in [-0.2, -0.15) is 0 Å². The molecule has 72 valence electrons. The Morgan fingerprint density at radius 1 is 1.33 bits per heavy atom. The molecule has 0 aromatic carbocycles. The fraction of sp³-hybridized carbons (Fsp3) is 0.875. The number of carboxylic acids is 1. The Morgan fingerprint density at radius 3 is 2.33 bits per heavy atom. The first-order valence-electron chi connectivity index (χ1n) is 4.12. The highest BCUT2D eigenvalue weighted by Gasteiger charge is 2.13. The van der Waals surface area contributed by atoms with Gasteiger partial charge in [0.25, 0.3) is 0 Å². The summed E-state index contributed by atoms with van der Waals surface area (Å²) in [6.45, 7) is 1.63. The number of quaternary nitrogens is 1. The molecule has 0 amide bonds. The molecule has 0 atom stereocenters. The van der Waals surface area contributed by atoms with Crippen LogP contribution in [0.3, 0.4) is 0 Å². The van der Waals surface area contributed by atoms with Crippen molar-refractivity contribution in [3.63, 3.8) is 0 Å². The van der Waals surface area contributed by atoms with Gasteiger partial charge in [-0.15, -0.1) is 0 Å². The first-order chi connectivity index (χ1) is 5.48. The Hall–Kier alpha value is -0.610. The quantitative estimate of drug-likeness (QED) is 0.556. The number of aliphatic carboxylic acids is 1. The Bertz CT molecular complexity index is 145. The molecule has 0 aliphatic heterocycles. The zero-order valence-electron chi connectivity index (χ0n) is 7.79. The van der Waals surface area contributed by atoms with Crippen LogP contribution in [-0.4, -0.2) is 54.5 Å². The Balaban J connectivity index is 3.53.